The number of hydrogen-bond acceptors (Lipinski definition) is 5. The summed E-state index contributed by atoms with van der Waals surface area (Å²) in [5.41, 5.74) is -0.103. The van der Waals surface area contributed by atoms with Gasteiger partial charge in [-0.3, -0.25) is 14.9 Å². The van der Waals surface area contributed by atoms with Crippen molar-refractivity contribution in [3.63, 3.8) is 0 Å². The lowest BCUT2D eigenvalue weighted by Gasteiger charge is -2.05. The molecule has 2 aromatic rings. The first-order valence-electron chi connectivity index (χ1n) is 5.56. The number of Topliss-reactive ketones (excluding diaryl/α,β-unsaturated/α-hetero) is 1. The van der Waals surface area contributed by atoms with E-state index in [1.165, 1.54) is 25.3 Å². The lowest BCUT2D eigenvalue weighted by Crippen LogP contribution is -1.97. The molecule has 0 saturated carbocycles. The Balaban J connectivity index is 2.30. The van der Waals surface area contributed by atoms with Crippen molar-refractivity contribution in [2.75, 3.05) is 0 Å². The zero-order valence-electron chi connectivity index (χ0n) is 10.4. The van der Waals surface area contributed by atoms with E-state index in [0.717, 1.165) is 18.2 Å². The highest BCUT2D eigenvalue weighted by molar-refractivity contribution is 5.93. The number of pyridine rings is 1. The molecule has 1 aromatic heterocycles. The number of aromatic nitrogens is 1. The molecule has 0 fully saturated rings. The number of ketones is 1. The van der Waals surface area contributed by atoms with Crippen LogP contribution in [0.1, 0.15) is 17.3 Å². The highest BCUT2D eigenvalue weighted by atomic mass is 19.1. The number of nitro groups is 1. The van der Waals surface area contributed by atoms with Crippen molar-refractivity contribution < 1.29 is 18.8 Å². The van der Waals surface area contributed by atoms with Gasteiger partial charge < -0.3 is 4.74 Å². The summed E-state index contributed by atoms with van der Waals surface area (Å²) >= 11 is 0. The van der Waals surface area contributed by atoms with Crippen LogP contribution in [0, 0.1) is 15.9 Å². The summed E-state index contributed by atoms with van der Waals surface area (Å²) in [6, 6.07) is 5.85. The Hall–Kier alpha value is -2.83. The molecule has 0 atom stereocenters. The third-order valence-corrected chi connectivity index (χ3v) is 2.48. The van der Waals surface area contributed by atoms with Gasteiger partial charge in [-0.15, -0.1) is 0 Å². The predicted molar refractivity (Wildman–Crippen MR) is 67.4 cm³/mol. The highest BCUT2D eigenvalue weighted by Gasteiger charge is 2.17. The van der Waals surface area contributed by atoms with Crippen molar-refractivity contribution >= 4 is 11.5 Å². The number of nitro benzene ring substituents is 1. The quantitative estimate of drug-likeness (QED) is 0.486. The lowest BCUT2D eigenvalue weighted by atomic mass is 10.2. The van der Waals surface area contributed by atoms with Crippen LogP contribution < -0.4 is 4.74 Å². The largest absolute Gasteiger partial charge is 0.432 e. The normalized spacial score (nSPS) is 10.1. The van der Waals surface area contributed by atoms with E-state index in [1.807, 2.05) is 0 Å². The van der Waals surface area contributed by atoms with Gasteiger partial charge in [-0.05, 0) is 25.1 Å². The number of hydrogen-bond donors (Lipinski definition) is 0. The van der Waals surface area contributed by atoms with Crippen molar-refractivity contribution in [1.82, 2.24) is 4.98 Å². The van der Waals surface area contributed by atoms with Gasteiger partial charge in [-0.25, -0.2) is 9.37 Å². The minimum Gasteiger partial charge on any atom is -0.432 e. The van der Waals surface area contributed by atoms with E-state index in [0.29, 0.717) is 5.56 Å². The highest BCUT2D eigenvalue weighted by Crippen LogP contribution is 2.30. The van der Waals surface area contributed by atoms with E-state index >= 15 is 0 Å². The summed E-state index contributed by atoms with van der Waals surface area (Å²) < 4.78 is 18.2. The number of ether oxygens (including phenoxy) is 1. The van der Waals surface area contributed by atoms with Gasteiger partial charge in [-0.2, -0.15) is 0 Å². The van der Waals surface area contributed by atoms with Crippen LogP contribution in [0.5, 0.6) is 11.6 Å². The Labute approximate surface area is 113 Å². The second kappa shape index (κ2) is 5.43. The fraction of sp³-hybridized carbons (Fsp3) is 0.0769. The number of halogens is 1. The molecule has 0 amide bonds. The molecule has 6 nitrogen and oxygen atoms in total. The molecule has 102 valence electrons. The predicted octanol–water partition coefficient (Wildman–Crippen LogP) is 3.12. The van der Waals surface area contributed by atoms with Gasteiger partial charge >= 0.3 is 5.69 Å². The zero-order valence-corrected chi connectivity index (χ0v) is 10.4. The second-order valence-corrected chi connectivity index (χ2v) is 3.91. The molecular weight excluding hydrogens is 267 g/mol. The van der Waals surface area contributed by atoms with Gasteiger partial charge in [0, 0.05) is 17.8 Å². The molecule has 0 aliphatic heterocycles. The van der Waals surface area contributed by atoms with E-state index in [2.05, 4.69) is 4.98 Å². The van der Waals surface area contributed by atoms with Gasteiger partial charge in [0.05, 0.1) is 11.0 Å². The van der Waals surface area contributed by atoms with Gasteiger partial charge in [-0.1, -0.05) is 0 Å². The van der Waals surface area contributed by atoms with Gasteiger partial charge in [0.1, 0.15) is 5.82 Å². The summed E-state index contributed by atoms with van der Waals surface area (Å²) in [4.78, 5) is 25.0. The Kier molecular flexibility index (Phi) is 3.69. The molecule has 20 heavy (non-hydrogen) atoms. The van der Waals surface area contributed by atoms with Crippen LogP contribution in [0.15, 0.2) is 36.5 Å². The summed E-state index contributed by atoms with van der Waals surface area (Å²) in [5, 5.41) is 10.8. The maximum absolute atomic E-state index is 13.0. The second-order valence-electron chi connectivity index (χ2n) is 3.91. The van der Waals surface area contributed by atoms with Crippen molar-refractivity contribution in [3.05, 3.63) is 58.0 Å². The Morgan fingerprint density at radius 1 is 1.35 bits per heavy atom. The molecule has 0 saturated heterocycles. The average molecular weight is 276 g/mol. The standard InChI is InChI=1S/C13H9FN2O4/c1-8(17)9-2-5-13(15-7-9)20-12-4-3-10(14)6-11(12)16(18)19/h2-7H,1H3. The van der Waals surface area contributed by atoms with Crippen molar-refractivity contribution in [2.45, 2.75) is 6.92 Å². The van der Waals surface area contributed by atoms with E-state index in [9.17, 15) is 19.3 Å². The number of nitrogens with zero attached hydrogens (tertiary/aromatic N) is 2. The van der Waals surface area contributed by atoms with Crippen LogP contribution in [0.25, 0.3) is 0 Å². The molecule has 0 aliphatic rings. The lowest BCUT2D eigenvalue weighted by molar-refractivity contribution is -0.385. The minimum absolute atomic E-state index is 0.0738. The number of carbonyl (C=O) groups excluding carboxylic acids is 1. The summed E-state index contributed by atoms with van der Waals surface area (Å²) in [6.45, 7) is 1.39. The van der Waals surface area contributed by atoms with E-state index < -0.39 is 16.4 Å². The molecule has 0 unspecified atom stereocenters. The molecule has 0 N–H and O–H groups in total. The first kappa shape index (κ1) is 13.6. The summed E-state index contributed by atoms with van der Waals surface area (Å²) in [5.74, 6) is -0.940. The number of carbonyl (C=O) groups is 1. The molecular formula is C13H9FN2O4. The number of benzene rings is 1. The minimum atomic E-state index is -0.748. The zero-order chi connectivity index (χ0) is 14.7. The molecule has 0 radical (unpaired) electrons. The van der Waals surface area contributed by atoms with E-state index in [4.69, 9.17) is 4.74 Å². The van der Waals surface area contributed by atoms with Crippen LogP contribution in [0.4, 0.5) is 10.1 Å². The van der Waals surface area contributed by atoms with Crippen molar-refractivity contribution in [2.24, 2.45) is 0 Å². The van der Waals surface area contributed by atoms with Crippen LogP contribution in [0.3, 0.4) is 0 Å². The Bertz CT molecular complexity index is 671. The molecule has 7 heteroatoms. The van der Waals surface area contributed by atoms with Crippen LogP contribution >= 0.6 is 0 Å². The third-order valence-electron chi connectivity index (χ3n) is 2.48. The van der Waals surface area contributed by atoms with E-state index in [-0.39, 0.29) is 17.4 Å². The molecule has 1 heterocycles. The molecule has 1 aromatic carbocycles. The summed E-state index contributed by atoms with van der Waals surface area (Å²) in [6.07, 6.45) is 1.30. The SMILES string of the molecule is CC(=O)c1ccc(Oc2ccc(F)cc2[N+](=O)[O-])nc1. The fourth-order valence-corrected chi connectivity index (χ4v) is 1.48. The maximum Gasteiger partial charge on any atom is 0.314 e. The first-order valence-corrected chi connectivity index (χ1v) is 5.56. The number of rotatable bonds is 4. The molecule has 0 aliphatic carbocycles. The molecule has 0 spiro atoms. The maximum atomic E-state index is 13.0. The smallest absolute Gasteiger partial charge is 0.314 e. The topological polar surface area (TPSA) is 82.3 Å². The van der Waals surface area contributed by atoms with Crippen LogP contribution in [-0.4, -0.2) is 15.7 Å². The van der Waals surface area contributed by atoms with Gasteiger partial charge in [0.25, 0.3) is 0 Å². The third kappa shape index (κ3) is 2.94. The van der Waals surface area contributed by atoms with Gasteiger partial charge in [0.15, 0.2) is 5.78 Å². The van der Waals surface area contributed by atoms with Crippen LogP contribution in [-0.2, 0) is 0 Å². The summed E-state index contributed by atoms with van der Waals surface area (Å²) in [7, 11) is 0. The average Bonchev–Trinajstić information content (AvgIpc) is 2.41. The molecule has 0 bridgehead atoms. The Morgan fingerprint density at radius 2 is 2.10 bits per heavy atom. The first-order chi connectivity index (χ1) is 9.47. The van der Waals surface area contributed by atoms with Gasteiger partial charge in [0.2, 0.25) is 11.6 Å². The van der Waals surface area contributed by atoms with Crippen molar-refractivity contribution in [1.29, 1.82) is 0 Å². The monoisotopic (exact) mass is 276 g/mol. The molecule has 2 rings (SSSR count). The van der Waals surface area contributed by atoms with Crippen LogP contribution in [0.2, 0.25) is 0 Å². The van der Waals surface area contributed by atoms with E-state index in [1.54, 1.807) is 0 Å². The fourth-order valence-electron chi connectivity index (χ4n) is 1.48. The Morgan fingerprint density at radius 3 is 2.65 bits per heavy atom. The van der Waals surface area contributed by atoms with Crippen molar-refractivity contribution in [3.8, 4) is 11.6 Å².